The molecule has 0 bridgehead atoms. The van der Waals surface area contributed by atoms with Gasteiger partial charge in [-0.2, -0.15) is 0 Å². The average Bonchev–Trinajstić information content (AvgIpc) is 3.14. The highest BCUT2D eigenvalue weighted by Crippen LogP contribution is 2.24. The van der Waals surface area contributed by atoms with Crippen LogP contribution >= 0.6 is 35.5 Å². The minimum atomic E-state index is -0.104. The third-order valence-electron chi connectivity index (χ3n) is 4.72. The number of benzene rings is 2. The molecule has 0 saturated heterocycles. The van der Waals surface area contributed by atoms with Gasteiger partial charge in [0.15, 0.2) is 5.13 Å². The Balaban J connectivity index is 0.00000225. The van der Waals surface area contributed by atoms with Gasteiger partial charge in [-0.25, -0.2) is 4.98 Å². The van der Waals surface area contributed by atoms with Crippen LogP contribution in [0.1, 0.15) is 27.2 Å². The molecule has 0 spiro atoms. The lowest BCUT2D eigenvalue weighted by molar-refractivity contribution is 0.102. The first-order valence-electron chi connectivity index (χ1n) is 8.91. The van der Waals surface area contributed by atoms with Gasteiger partial charge < -0.3 is 0 Å². The largest absolute Gasteiger partial charge is 0.298 e. The van der Waals surface area contributed by atoms with E-state index in [4.69, 9.17) is 0 Å². The van der Waals surface area contributed by atoms with Crippen molar-refractivity contribution in [3.05, 3.63) is 76.3 Å². The highest BCUT2D eigenvalue weighted by atomic mass is 35.5. The molecule has 0 atom stereocenters. The van der Waals surface area contributed by atoms with Crippen LogP contribution < -0.4 is 5.32 Å². The van der Waals surface area contributed by atoms with Crippen LogP contribution in [0.25, 0.3) is 0 Å². The highest BCUT2D eigenvalue weighted by Gasteiger charge is 2.17. The number of amides is 1. The van der Waals surface area contributed by atoms with Crippen molar-refractivity contribution in [3.8, 4) is 0 Å². The second-order valence-corrected chi connectivity index (χ2v) is 8.23. The predicted molar refractivity (Wildman–Crippen MR) is 120 cm³/mol. The molecule has 4 nitrogen and oxygen atoms in total. The Kier molecular flexibility index (Phi) is 7.13. The molecule has 1 aliphatic rings. The number of nitrogens with one attached hydrogen (secondary N) is 1. The first-order chi connectivity index (χ1) is 13.2. The molecule has 2 heterocycles. The van der Waals surface area contributed by atoms with Crippen molar-refractivity contribution in [2.75, 3.05) is 18.1 Å². The number of carbonyl (C=O) groups excluding carboxylic acids is 1. The van der Waals surface area contributed by atoms with E-state index < -0.39 is 0 Å². The average molecular weight is 432 g/mol. The Labute approximate surface area is 179 Å². The molecule has 4 rings (SSSR count). The normalized spacial score (nSPS) is 13.5. The summed E-state index contributed by atoms with van der Waals surface area (Å²) in [6, 6.07) is 16.3. The summed E-state index contributed by atoms with van der Waals surface area (Å²) in [6.45, 7) is 2.80. The van der Waals surface area contributed by atoms with E-state index in [1.54, 1.807) is 11.8 Å². The molecule has 1 amide bonds. The summed E-state index contributed by atoms with van der Waals surface area (Å²) < 4.78 is 0. The van der Waals surface area contributed by atoms with Gasteiger partial charge in [-0.15, -0.1) is 35.5 Å². The number of nitrogens with zero attached hydrogens (tertiary/aromatic N) is 2. The molecule has 0 radical (unpaired) electrons. The summed E-state index contributed by atoms with van der Waals surface area (Å²) >= 11 is 3.06. The van der Waals surface area contributed by atoms with E-state index in [1.807, 2.05) is 35.9 Å². The van der Waals surface area contributed by atoms with Crippen molar-refractivity contribution in [1.29, 1.82) is 0 Å². The first kappa shape index (κ1) is 20.9. The maximum Gasteiger partial charge on any atom is 0.258 e. The zero-order valence-electron chi connectivity index (χ0n) is 15.6. The minimum Gasteiger partial charge on any atom is -0.298 e. The van der Waals surface area contributed by atoms with Gasteiger partial charge in [0.1, 0.15) is 0 Å². The van der Waals surface area contributed by atoms with Gasteiger partial charge in [0.25, 0.3) is 5.91 Å². The minimum absolute atomic E-state index is 0. The van der Waals surface area contributed by atoms with E-state index in [9.17, 15) is 4.79 Å². The van der Waals surface area contributed by atoms with E-state index in [1.165, 1.54) is 22.5 Å². The summed E-state index contributed by atoms with van der Waals surface area (Å²) in [4.78, 5) is 20.6. The van der Waals surface area contributed by atoms with E-state index in [0.717, 1.165) is 36.6 Å². The fraction of sp³-hybridized carbons (Fsp3) is 0.238. The van der Waals surface area contributed by atoms with Crippen molar-refractivity contribution < 1.29 is 4.79 Å². The Morgan fingerprint density at radius 3 is 2.75 bits per heavy atom. The van der Waals surface area contributed by atoms with Crippen molar-refractivity contribution >= 4 is 46.5 Å². The number of hydrogen-bond acceptors (Lipinski definition) is 5. The maximum absolute atomic E-state index is 12.6. The van der Waals surface area contributed by atoms with E-state index in [2.05, 4.69) is 39.5 Å². The smallest absolute Gasteiger partial charge is 0.258 e. The molecule has 1 N–H and O–H groups in total. The molecule has 0 fully saturated rings. The summed E-state index contributed by atoms with van der Waals surface area (Å²) in [5, 5.41) is 5.64. The number of carbonyl (C=O) groups is 1. The summed E-state index contributed by atoms with van der Waals surface area (Å²) in [6.07, 6.45) is 3.06. The summed E-state index contributed by atoms with van der Waals surface area (Å²) in [5.74, 6) is -0.104. The molecular weight excluding hydrogens is 410 g/mol. The number of thiazole rings is 1. The van der Waals surface area contributed by atoms with Crippen LogP contribution in [-0.2, 0) is 19.5 Å². The molecule has 146 valence electrons. The quantitative estimate of drug-likeness (QED) is 0.571. The second-order valence-electron chi connectivity index (χ2n) is 6.53. The summed E-state index contributed by atoms with van der Waals surface area (Å²) in [5.41, 5.74) is 4.55. The zero-order chi connectivity index (χ0) is 18.6. The van der Waals surface area contributed by atoms with Crippen molar-refractivity contribution in [2.24, 2.45) is 0 Å². The zero-order valence-corrected chi connectivity index (χ0v) is 18.0. The van der Waals surface area contributed by atoms with Crippen LogP contribution in [0.15, 0.2) is 58.8 Å². The number of halogens is 1. The van der Waals surface area contributed by atoms with E-state index in [-0.39, 0.29) is 18.3 Å². The molecule has 0 aliphatic carbocycles. The molecule has 3 aromatic rings. The monoisotopic (exact) mass is 431 g/mol. The molecule has 2 aromatic carbocycles. The van der Waals surface area contributed by atoms with Crippen LogP contribution in [0.4, 0.5) is 5.13 Å². The Morgan fingerprint density at radius 1 is 1.18 bits per heavy atom. The number of hydrogen-bond donors (Lipinski definition) is 1. The highest BCUT2D eigenvalue weighted by molar-refractivity contribution is 7.98. The number of rotatable bonds is 5. The lowest BCUT2D eigenvalue weighted by Crippen LogP contribution is -2.30. The van der Waals surface area contributed by atoms with Gasteiger partial charge in [0, 0.05) is 29.9 Å². The fourth-order valence-corrected chi connectivity index (χ4v) is 4.64. The SMILES string of the molecule is CSc1ccccc1C(=O)Nc1nc(CN2CCc3ccccc3C2)cs1.Cl. The first-order valence-corrected chi connectivity index (χ1v) is 11.0. The molecule has 1 aromatic heterocycles. The van der Waals surface area contributed by atoms with Crippen molar-refractivity contribution in [3.63, 3.8) is 0 Å². The summed E-state index contributed by atoms with van der Waals surface area (Å²) in [7, 11) is 0. The topological polar surface area (TPSA) is 45.2 Å². The van der Waals surface area contributed by atoms with Gasteiger partial charge in [-0.3, -0.25) is 15.0 Å². The van der Waals surface area contributed by atoms with Crippen LogP contribution in [0.5, 0.6) is 0 Å². The van der Waals surface area contributed by atoms with Crippen LogP contribution in [0.2, 0.25) is 0 Å². The van der Waals surface area contributed by atoms with Crippen LogP contribution in [0.3, 0.4) is 0 Å². The van der Waals surface area contributed by atoms with Gasteiger partial charge in [-0.1, -0.05) is 36.4 Å². The Morgan fingerprint density at radius 2 is 1.93 bits per heavy atom. The maximum atomic E-state index is 12.6. The molecule has 0 unspecified atom stereocenters. The molecule has 0 saturated carbocycles. The van der Waals surface area contributed by atoms with E-state index >= 15 is 0 Å². The van der Waals surface area contributed by atoms with Crippen molar-refractivity contribution in [2.45, 2.75) is 24.4 Å². The fourth-order valence-electron chi connectivity index (χ4n) is 3.35. The van der Waals surface area contributed by atoms with Gasteiger partial charge >= 0.3 is 0 Å². The number of fused-ring (bicyclic) bond motifs is 1. The lowest BCUT2D eigenvalue weighted by atomic mass is 10.00. The molecule has 7 heteroatoms. The molecule has 1 aliphatic heterocycles. The lowest BCUT2D eigenvalue weighted by Gasteiger charge is -2.27. The second kappa shape index (κ2) is 9.56. The van der Waals surface area contributed by atoms with Crippen molar-refractivity contribution in [1.82, 2.24) is 9.88 Å². The van der Waals surface area contributed by atoms with Gasteiger partial charge in [-0.05, 0) is 35.9 Å². The standard InChI is InChI=1S/C21H21N3OS2.ClH/c1-26-19-9-5-4-8-18(19)20(25)23-21-22-17(14-27-21)13-24-11-10-15-6-2-3-7-16(15)12-24;/h2-9,14H,10-13H2,1H3,(H,22,23,25);1H. The molecular formula is C21H22ClN3OS2. The number of aromatic nitrogens is 1. The van der Waals surface area contributed by atoms with E-state index in [0.29, 0.717) is 10.7 Å². The third-order valence-corrected chi connectivity index (χ3v) is 6.32. The Bertz CT molecular complexity index is 960. The van der Waals surface area contributed by atoms with Gasteiger partial charge in [0.2, 0.25) is 0 Å². The molecule has 28 heavy (non-hydrogen) atoms. The number of thioether (sulfide) groups is 1. The van der Waals surface area contributed by atoms with Crippen LogP contribution in [0, 0.1) is 0 Å². The third kappa shape index (κ3) is 4.75. The van der Waals surface area contributed by atoms with Gasteiger partial charge in [0.05, 0.1) is 11.3 Å². The van der Waals surface area contributed by atoms with Crippen LogP contribution in [-0.4, -0.2) is 28.6 Å². The Hall–Kier alpha value is -1.86. The number of anilines is 1. The predicted octanol–water partition coefficient (Wildman–Crippen LogP) is 5.10.